The molecule has 2 N–H and O–H groups in total. The van der Waals surface area contributed by atoms with Gasteiger partial charge in [0.25, 0.3) is 0 Å². The number of benzene rings is 1. The molecule has 0 aliphatic heterocycles. The smallest absolute Gasteiger partial charge is 0.389 e. The highest BCUT2D eigenvalue weighted by atomic mass is 19.4. The molecule has 0 bridgehead atoms. The van der Waals surface area contributed by atoms with Crippen molar-refractivity contribution in [3.8, 4) is 5.75 Å². The second-order valence-corrected chi connectivity index (χ2v) is 4.18. The maximum Gasteiger partial charge on any atom is 0.389 e. The molecule has 5 heteroatoms. The summed E-state index contributed by atoms with van der Waals surface area (Å²) in [6, 6.07) is 6.31. The summed E-state index contributed by atoms with van der Waals surface area (Å²) in [4.78, 5) is 0. The molecule has 0 aliphatic carbocycles. The summed E-state index contributed by atoms with van der Waals surface area (Å²) in [6.45, 7) is 2.63. The molecule has 0 radical (unpaired) electrons. The number of alkyl halides is 3. The Kier molecular flexibility index (Phi) is 5.47. The maximum atomic E-state index is 12.1. The Morgan fingerprint density at radius 3 is 2.33 bits per heavy atom. The minimum Gasteiger partial charge on any atom is -0.494 e. The van der Waals surface area contributed by atoms with Gasteiger partial charge in [0.15, 0.2) is 0 Å². The second kappa shape index (κ2) is 6.64. The van der Waals surface area contributed by atoms with Gasteiger partial charge < -0.3 is 10.5 Å². The zero-order chi connectivity index (χ0) is 13.6. The molecular weight excluding hydrogens is 243 g/mol. The highest BCUT2D eigenvalue weighted by Crippen LogP contribution is 2.27. The minimum atomic E-state index is -4.15. The lowest BCUT2D eigenvalue weighted by Gasteiger charge is -2.14. The molecule has 1 atom stereocenters. The van der Waals surface area contributed by atoms with Crippen molar-refractivity contribution in [3.05, 3.63) is 29.8 Å². The Morgan fingerprint density at radius 2 is 1.83 bits per heavy atom. The van der Waals surface area contributed by atoms with Gasteiger partial charge in [0.2, 0.25) is 0 Å². The van der Waals surface area contributed by atoms with Gasteiger partial charge in [-0.1, -0.05) is 19.1 Å². The van der Waals surface area contributed by atoms with E-state index in [1.165, 1.54) is 0 Å². The Balaban J connectivity index is 2.51. The van der Waals surface area contributed by atoms with Crippen molar-refractivity contribution in [1.29, 1.82) is 0 Å². The van der Waals surface area contributed by atoms with Gasteiger partial charge in [0, 0.05) is 12.5 Å². The van der Waals surface area contributed by atoms with Crippen molar-refractivity contribution in [2.24, 2.45) is 5.73 Å². The topological polar surface area (TPSA) is 35.2 Å². The van der Waals surface area contributed by atoms with E-state index in [2.05, 4.69) is 0 Å². The van der Waals surface area contributed by atoms with E-state index in [0.717, 1.165) is 6.42 Å². The summed E-state index contributed by atoms with van der Waals surface area (Å²) >= 11 is 0. The first-order valence-electron chi connectivity index (χ1n) is 5.97. The SMILES string of the molecule is CCCOc1ccc(C(N)CCC(F)(F)F)cc1. The van der Waals surface area contributed by atoms with E-state index in [4.69, 9.17) is 10.5 Å². The molecule has 1 rings (SSSR count). The monoisotopic (exact) mass is 261 g/mol. The molecule has 0 heterocycles. The van der Waals surface area contributed by atoms with Gasteiger partial charge in [-0.05, 0) is 30.5 Å². The highest BCUT2D eigenvalue weighted by molar-refractivity contribution is 5.29. The Bertz CT molecular complexity index is 348. The third kappa shape index (κ3) is 5.40. The molecule has 0 aliphatic rings. The van der Waals surface area contributed by atoms with Crippen LogP contribution in [-0.2, 0) is 0 Å². The van der Waals surface area contributed by atoms with E-state index in [1.807, 2.05) is 6.92 Å². The van der Waals surface area contributed by atoms with Crippen LogP contribution in [0.1, 0.15) is 37.8 Å². The van der Waals surface area contributed by atoms with Gasteiger partial charge in [-0.3, -0.25) is 0 Å². The van der Waals surface area contributed by atoms with E-state index in [0.29, 0.717) is 17.9 Å². The first-order valence-corrected chi connectivity index (χ1v) is 5.97. The van der Waals surface area contributed by atoms with E-state index in [9.17, 15) is 13.2 Å². The molecule has 18 heavy (non-hydrogen) atoms. The van der Waals surface area contributed by atoms with Crippen LogP contribution < -0.4 is 10.5 Å². The van der Waals surface area contributed by atoms with Crippen LogP contribution in [0.3, 0.4) is 0 Å². The summed E-state index contributed by atoms with van der Waals surface area (Å²) in [7, 11) is 0. The highest BCUT2D eigenvalue weighted by Gasteiger charge is 2.27. The Hall–Kier alpha value is -1.23. The molecule has 0 aromatic heterocycles. The fourth-order valence-corrected chi connectivity index (χ4v) is 1.52. The van der Waals surface area contributed by atoms with Crippen molar-refractivity contribution in [2.45, 2.75) is 38.4 Å². The summed E-state index contributed by atoms with van der Waals surface area (Å²) in [6.07, 6.45) is -4.20. The van der Waals surface area contributed by atoms with Crippen molar-refractivity contribution < 1.29 is 17.9 Å². The number of ether oxygens (including phenoxy) is 1. The van der Waals surface area contributed by atoms with Crippen molar-refractivity contribution >= 4 is 0 Å². The quantitative estimate of drug-likeness (QED) is 0.845. The van der Waals surface area contributed by atoms with Gasteiger partial charge >= 0.3 is 6.18 Å². The maximum absolute atomic E-state index is 12.1. The van der Waals surface area contributed by atoms with E-state index in [1.54, 1.807) is 24.3 Å². The lowest BCUT2D eigenvalue weighted by atomic mass is 10.0. The second-order valence-electron chi connectivity index (χ2n) is 4.18. The summed E-state index contributed by atoms with van der Waals surface area (Å²) < 4.78 is 41.6. The molecule has 0 fully saturated rings. The Morgan fingerprint density at radius 1 is 1.22 bits per heavy atom. The van der Waals surface area contributed by atoms with Gasteiger partial charge in [-0.2, -0.15) is 13.2 Å². The minimum absolute atomic E-state index is 0.0985. The Labute approximate surface area is 105 Å². The van der Waals surface area contributed by atoms with Crippen LogP contribution in [0.25, 0.3) is 0 Å². The number of hydrogen-bond donors (Lipinski definition) is 1. The number of nitrogens with two attached hydrogens (primary N) is 1. The van der Waals surface area contributed by atoms with Crippen LogP contribution in [-0.4, -0.2) is 12.8 Å². The number of rotatable bonds is 6. The number of hydrogen-bond acceptors (Lipinski definition) is 2. The molecule has 1 aromatic rings. The molecule has 0 saturated heterocycles. The van der Waals surface area contributed by atoms with Crippen LogP contribution in [0, 0.1) is 0 Å². The molecular formula is C13H18F3NO. The molecule has 0 amide bonds. The summed E-state index contributed by atoms with van der Waals surface area (Å²) in [5.41, 5.74) is 6.41. The van der Waals surface area contributed by atoms with E-state index >= 15 is 0 Å². The lowest BCUT2D eigenvalue weighted by molar-refractivity contribution is -0.136. The van der Waals surface area contributed by atoms with Crippen LogP contribution in [0.2, 0.25) is 0 Å². The molecule has 1 unspecified atom stereocenters. The molecule has 0 saturated carbocycles. The van der Waals surface area contributed by atoms with Gasteiger partial charge in [-0.15, -0.1) is 0 Å². The molecule has 0 spiro atoms. The van der Waals surface area contributed by atoms with E-state index in [-0.39, 0.29) is 6.42 Å². The lowest BCUT2D eigenvalue weighted by Crippen LogP contribution is -2.15. The third-order valence-corrected chi connectivity index (χ3v) is 2.52. The van der Waals surface area contributed by atoms with Gasteiger partial charge in [-0.25, -0.2) is 0 Å². The predicted molar refractivity (Wildman–Crippen MR) is 64.4 cm³/mol. The average Bonchev–Trinajstić information content (AvgIpc) is 2.33. The van der Waals surface area contributed by atoms with Crippen LogP contribution in [0.15, 0.2) is 24.3 Å². The first kappa shape index (κ1) is 14.8. The fourth-order valence-electron chi connectivity index (χ4n) is 1.52. The van der Waals surface area contributed by atoms with Crippen LogP contribution in [0.4, 0.5) is 13.2 Å². The van der Waals surface area contributed by atoms with Crippen molar-refractivity contribution in [2.75, 3.05) is 6.61 Å². The van der Waals surface area contributed by atoms with E-state index < -0.39 is 18.6 Å². The van der Waals surface area contributed by atoms with Gasteiger partial charge in [0.1, 0.15) is 5.75 Å². The zero-order valence-corrected chi connectivity index (χ0v) is 10.3. The molecule has 2 nitrogen and oxygen atoms in total. The van der Waals surface area contributed by atoms with Crippen LogP contribution >= 0.6 is 0 Å². The average molecular weight is 261 g/mol. The molecule has 1 aromatic carbocycles. The number of halogens is 3. The molecule has 102 valence electrons. The van der Waals surface area contributed by atoms with Crippen LogP contribution in [0.5, 0.6) is 5.75 Å². The summed E-state index contributed by atoms with van der Waals surface area (Å²) in [5.74, 6) is 0.712. The summed E-state index contributed by atoms with van der Waals surface area (Å²) in [5, 5.41) is 0. The van der Waals surface area contributed by atoms with Crippen molar-refractivity contribution in [1.82, 2.24) is 0 Å². The standard InChI is InChI=1S/C13H18F3NO/c1-2-9-18-11-5-3-10(4-6-11)12(17)7-8-13(14,15)16/h3-6,12H,2,7-9,17H2,1H3. The van der Waals surface area contributed by atoms with Crippen molar-refractivity contribution in [3.63, 3.8) is 0 Å². The normalized spacial score (nSPS) is 13.4. The first-order chi connectivity index (χ1) is 8.42. The van der Waals surface area contributed by atoms with Gasteiger partial charge in [0.05, 0.1) is 6.61 Å². The third-order valence-electron chi connectivity index (χ3n) is 2.52. The zero-order valence-electron chi connectivity index (χ0n) is 10.3. The largest absolute Gasteiger partial charge is 0.494 e. The fraction of sp³-hybridized carbons (Fsp3) is 0.538. The predicted octanol–water partition coefficient (Wildman–Crippen LogP) is 3.82.